The molecular formula is C9H16N2O3S. The Morgan fingerprint density at radius 3 is 2.93 bits per heavy atom. The van der Waals surface area contributed by atoms with Crippen molar-refractivity contribution in [1.82, 2.24) is 10.5 Å². The van der Waals surface area contributed by atoms with Crippen LogP contribution in [0.5, 0.6) is 0 Å². The molecule has 1 N–H and O–H groups in total. The van der Waals surface area contributed by atoms with E-state index >= 15 is 0 Å². The zero-order valence-electron chi connectivity index (χ0n) is 8.77. The van der Waals surface area contributed by atoms with Gasteiger partial charge in [-0.1, -0.05) is 12.1 Å². The van der Waals surface area contributed by atoms with Crippen molar-refractivity contribution in [3.63, 3.8) is 0 Å². The van der Waals surface area contributed by atoms with Gasteiger partial charge < -0.3 is 9.84 Å². The van der Waals surface area contributed by atoms with E-state index < -0.39 is 9.84 Å². The average Bonchev–Trinajstić information content (AvgIpc) is 2.70. The second kappa shape index (κ2) is 5.87. The topological polar surface area (TPSA) is 72.2 Å². The van der Waals surface area contributed by atoms with Crippen molar-refractivity contribution < 1.29 is 12.9 Å². The lowest BCUT2D eigenvalue weighted by Crippen LogP contribution is -2.18. The van der Waals surface area contributed by atoms with Gasteiger partial charge in [-0.3, -0.25) is 0 Å². The Morgan fingerprint density at radius 1 is 1.53 bits per heavy atom. The van der Waals surface area contributed by atoms with Gasteiger partial charge in [0.25, 0.3) is 0 Å². The van der Waals surface area contributed by atoms with Gasteiger partial charge in [-0.2, -0.15) is 0 Å². The number of aromatic nitrogens is 1. The third-order valence-corrected chi connectivity index (χ3v) is 3.83. The number of hydrogen-bond acceptors (Lipinski definition) is 5. The Morgan fingerprint density at radius 2 is 2.33 bits per heavy atom. The van der Waals surface area contributed by atoms with Crippen LogP contribution in [0.15, 0.2) is 16.8 Å². The molecule has 1 rings (SSSR count). The molecule has 0 atom stereocenters. The fraction of sp³-hybridized carbons (Fsp3) is 0.667. The predicted molar refractivity (Wildman–Crippen MR) is 57.2 cm³/mol. The summed E-state index contributed by atoms with van der Waals surface area (Å²) < 4.78 is 27.1. The minimum atomic E-state index is -2.83. The molecule has 1 aromatic rings. The summed E-state index contributed by atoms with van der Waals surface area (Å²) in [5.41, 5.74) is 0. The molecule has 0 unspecified atom stereocenters. The van der Waals surface area contributed by atoms with Crippen molar-refractivity contribution in [2.24, 2.45) is 0 Å². The molecule has 0 saturated heterocycles. The van der Waals surface area contributed by atoms with E-state index in [0.29, 0.717) is 19.5 Å². The zero-order valence-corrected chi connectivity index (χ0v) is 9.59. The van der Waals surface area contributed by atoms with Crippen molar-refractivity contribution >= 4 is 9.84 Å². The monoisotopic (exact) mass is 232 g/mol. The summed E-state index contributed by atoms with van der Waals surface area (Å²) in [5.74, 6) is 1.22. The summed E-state index contributed by atoms with van der Waals surface area (Å²) in [6.45, 7) is 2.92. The number of nitrogens with one attached hydrogen (secondary N) is 1. The maximum atomic E-state index is 11.1. The minimum absolute atomic E-state index is 0.217. The third-order valence-electron chi connectivity index (χ3n) is 2.04. The van der Waals surface area contributed by atoms with Crippen LogP contribution in [-0.2, 0) is 16.4 Å². The smallest absolute Gasteiger partial charge is 0.150 e. The van der Waals surface area contributed by atoms with Gasteiger partial charge in [0.2, 0.25) is 0 Å². The highest BCUT2D eigenvalue weighted by Crippen LogP contribution is 1.96. The summed E-state index contributed by atoms with van der Waals surface area (Å²) in [7, 11) is -2.83. The van der Waals surface area contributed by atoms with E-state index in [9.17, 15) is 8.42 Å². The molecule has 0 aliphatic carbocycles. The SMILES string of the molecule is CCS(=O)(=O)CCCNCc1ccno1. The van der Waals surface area contributed by atoms with Crippen molar-refractivity contribution in [2.45, 2.75) is 19.9 Å². The van der Waals surface area contributed by atoms with Gasteiger partial charge in [0.1, 0.15) is 15.6 Å². The Bertz CT molecular complexity index is 359. The van der Waals surface area contributed by atoms with Crippen molar-refractivity contribution in [3.05, 3.63) is 18.0 Å². The van der Waals surface area contributed by atoms with Crippen LogP contribution in [0, 0.1) is 0 Å². The molecule has 86 valence electrons. The van der Waals surface area contributed by atoms with E-state index in [1.165, 1.54) is 0 Å². The summed E-state index contributed by atoms with van der Waals surface area (Å²) in [6.07, 6.45) is 2.21. The molecule has 15 heavy (non-hydrogen) atoms. The summed E-state index contributed by atoms with van der Waals surface area (Å²) in [6, 6.07) is 1.77. The molecule has 0 fully saturated rings. The van der Waals surface area contributed by atoms with E-state index in [1.54, 1.807) is 19.2 Å². The molecular weight excluding hydrogens is 216 g/mol. The third kappa shape index (κ3) is 4.94. The fourth-order valence-corrected chi connectivity index (χ4v) is 1.98. The molecule has 0 bridgehead atoms. The molecule has 0 aliphatic rings. The molecule has 5 nitrogen and oxygen atoms in total. The van der Waals surface area contributed by atoms with Crippen LogP contribution in [0.1, 0.15) is 19.1 Å². The molecule has 0 spiro atoms. The summed E-state index contributed by atoms with van der Waals surface area (Å²) in [4.78, 5) is 0. The normalized spacial score (nSPS) is 11.8. The number of nitrogens with zero attached hydrogens (tertiary/aromatic N) is 1. The second-order valence-electron chi connectivity index (χ2n) is 3.25. The first-order valence-corrected chi connectivity index (χ1v) is 6.77. The molecule has 0 amide bonds. The quantitative estimate of drug-likeness (QED) is 0.696. The lowest BCUT2D eigenvalue weighted by Gasteiger charge is -2.02. The van der Waals surface area contributed by atoms with Gasteiger partial charge in [0, 0.05) is 11.8 Å². The van der Waals surface area contributed by atoms with Crippen LogP contribution in [0.4, 0.5) is 0 Å². The van der Waals surface area contributed by atoms with Crippen LogP contribution in [0.3, 0.4) is 0 Å². The first-order chi connectivity index (χ1) is 7.14. The Kier molecular flexibility index (Phi) is 4.77. The highest BCUT2D eigenvalue weighted by molar-refractivity contribution is 7.91. The van der Waals surface area contributed by atoms with Gasteiger partial charge in [-0.15, -0.1) is 0 Å². The maximum Gasteiger partial charge on any atom is 0.150 e. The number of hydrogen-bond donors (Lipinski definition) is 1. The Balaban J connectivity index is 2.08. The summed E-state index contributed by atoms with van der Waals surface area (Å²) >= 11 is 0. The fourth-order valence-electron chi connectivity index (χ4n) is 1.11. The van der Waals surface area contributed by atoms with Crippen LogP contribution < -0.4 is 5.32 Å². The standard InChI is InChI=1S/C9H16N2O3S/c1-2-15(12,13)7-3-5-10-8-9-4-6-11-14-9/h4,6,10H,2-3,5,7-8H2,1H3. The van der Waals surface area contributed by atoms with Gasteiger partial charge in [0.05, 0.1) is 18.5 Å². The van der Waals surface area contributed by atoms with Crippen LogP contribution in [0.25, 0.3) is 0 Å². The molecule has 0 aromatic carbocycles. The molecule has 1 aromatic heterocycles. The molecule has 1 heterocycles. The molecule has 6 heteroatoms. The maximum absolute atomic E-state index is 11.1. The predicted octanol–water partition coefficient (Wildman–Crippen LogP) is 0.589. The lowest BCUT2D eigenvalue weighted by molar-refractivity contribution is 0.373. The van der Waals surface area contributed by atoms with Gasteiger partial charge in [-0.05, 0) is 13.0 Å². The molecule has 0 saturated carbocycles. The van der Waals surface area contributed by atoms with E-state index in [-0.39, 0.29) is 11.5 Å². The van der Waals surface area contributed by atoms with Crippen molar-refractivity contribution in [3.8, 4) is 0 Å². The highest BCUT2D eigenvalue weighted by Gasteiger charge is 2.05. The van der Waals surface area contributed by atoms with Crippen LogP contribution in [-0.4, -0.2) is 31.6 Å². The van der Waals surface area contributed by atoms with Gasteiger partial charge in [0.15, 0.2) is 0 Å². The second-order valence-corrected chi connectivity index (χ2v) is 5.72. The van der Waals surface area contributed by atoms with Crippen LogP contribution >= 0.6 is 0 Å². The van der Waals surface area contributed by atoms with Crippen molar-refractivity contribution in [2.75, 3.05) is 18.1 Å². The van der Waals surface area contributed by atoms with Gasteiger partial charge in [-0.25, -0.2) is 8.42 Å². The first-order valence-electron chi connectivity index (χ1n) is 4.95. The largest absolute Gasteiger partial charge is 0.360 e. The lowest BCUT2D eigenvalue weighted by atomic mass is 10.4. The average molecular weight is 232 g/mol. The highest BCUT2D eigenvalue weighted by atomic mass is 32.2. The minimum Gasteiger partial charge on any atom is -0.360 e. The Hall–Kier alpha value is -0.880. The van der Waals surface area contributed by atoms with E-state index in [1.807, 2.05) is 0 Å². The van der Waals surface area contributed by atoms with Crippen molar-refractivity contribution in [1.29, 1.82) is 0 Å². The molecule has 0 radical (unpaired) electrons. The van der Waals surface area contributed by atoms with E-state index in [4.69, 9.17) is 4.52 Å². The zero-order chi connectivity index (χ0) is 11.1. The van der Waals surface area contributed by atoms with E-state index in [0.717, 1.165) is 5.76 Å². The molecule has 0 aliphatic heterocycles. The number of rotatable bonds is 7. The van der Waals surface area contributed by atoms with E-state index in [2.05, 4.69) is 10.5 Å². The van der Waals surface area contributed by atoms with Crippen LogP contribution in [0.2, 0.25) is 0 Å². The number of sulfone groups is 1. The first kappa shape index (κ1) is 12.2. The Labute approximate surface area is 89.8 Å². The van der Waals surface area contributed by atoms with Gasteiger partial charge >= 0.3 is 0 Å². The summed E-state index contributed by atoms with van der Waals surface area (Å²) in [5, 5.41) is 6.65.